The highest BCUT2D eigenvalue weighted by Crippen LogP contribution is 2.32. The van der Waals surface area contributed by atoms with E-state index in [0.29, 0.717) is 50.2 Å². The summed E-state index contributed by atoms with van der Waals surface area (Å²) in [6.07, 6.45) is 0.630. The molecule has 1 aromatic heterocycles. The van der Waals surface area contributed by atoms with Crippen LogP contribution in [-0.4, -0.2) is 76.5 Å². The van der Waals surface area contributed by atoms with Crippen LogP contribution in [0.4, 0.5) is 23.0 Å². The number of carbonyl (C=O) groups is 3. The summed E-state index contributed by atoms with van der Waals surface area (Å²) in [4.78, 5) is 39.2. The first-order valence-corrected chi connectivity index (χ1v) is 11.9. The van der Waals surface area contributed by atoms with Crippen LogP contribution in [0.2, 0.25) is 5.02 Å². The van der Waals surface area contributed by atoms with Crippen LogP contribution >= 0.6 is 23.1 Å². The zero-order valence-electron chi connectivity index (χ0n) is 19.1. The van der Waals surface area contributed by atoms with E-state index in [1.165, 1.54) is 6.92 Å². The van der Waals surface area contributed by atoms with E-state index in [1.807, 2.05) is 0 Å². The summed E-state index contributed by atoms with van der Waals surface area (Å²) in [5.74, 6) is -6.16. The standard InChI is InChI=1S/C21H23ClF3N5O5S/c1-11(31)30-7-5-29(6-8-30)4-2-3-26-21(34)27-19-15(20(32)33)18(28-36-19)35-10-12-14(23)9-13(22)17(25)16(12)24/h9H,2-8,10H2,1H3,(H,32,33)(H2,26,27,34). The lowest BCUT2D eigenvalue weighted by Crippen LogP contribution is -2.48. The fourth-order valence-electron chi connectivity index (χ4n) is 3.46. The molecule has 0 aliphatic carbocycles. The molecule has 2 aromatic rings. The van der Waals surface area contributed by atoms with E-state index in [0.717, 1.165) is 13.1 Å². The van der Waals surface area contributed by atoms with Crippen molar-refractivity contribution in [2.24, 2.45) is 0 Å². The number of carbonyl (C=O) groups excluding carboxylic acids is 2. The maximum Gasteiger partial charge on any atom is 0.344 e. The fraction of sp³-hybridized carbons (Fsp3) is 0.429. The van der Waals surface area contributed by atoms with Gasteiger partial charge in [-0.15, -0.1) is 0 Å². The zero-order chi connectivity index (χ0) is 26.4. The lowest BCUT2D eigenvalue weighted by Gasteiger charge is -2.34. The van der Waals surface area contributed by atoms with E-state index >= 15 is 0 Å². The van der Waals surface area contributed by atoms with Gasteiger partial charge in [0.1, 0.15) is 17.4 Å². The summed E-state index contributed by atoms with van der Waals surface area (Å²) in [7, 11) is 0. The molecular formula is C21H23ClF3N5O5S. The lowest BCUT2D eigenvalue weighted by atomic mass is 10.2. The van der Waals surface area contributed by atoms with Gasteiger partial charge in [0.25, 0.3) is 0 Å². The largest absolute Gasteiger partial charge is 0.477 e. The molecule has 1 saturated heterocycles. The van der Waals surface area contributed by atoms with Gasteiger partial charge in [0.05, 0.1) is 10.6 Å². The number of hydrogen-bond acceptors (Lipinski definition) is 7. The second-order valence-electron chi connectivity index (χ2n) is 7.81. The summed E-state index contributed by atoms with van der Waals surface area (Å²) in [5.41, 5.74) is -1.31. The number of piperazine rings is 1. The third-order valence-electron chi connectivity index (χ3n) is 5.42. The first-order chi connectivity index (χ1) is 17.1. The minimum atomic E-state index is -1.56. The third kappa shape index (κ3) is 6.77. The molecule has 2 heterocycles. The van der Waals surface area contributed by atoms with Gasteiger partial charge < -0.3 is 20.1 Å². The molecule has 0 radical (unpaired) electrons. The number of urea groups is 1. The summed E-state index contributed by atoms with van der Waals surface area (Å²) in [6.45, 7) is 4.50. The lowest BCUT2D eigenvalue weighted by molar-refractivity contribution is -0.130. The molecule has 3 amide bonds. The van der Waals surface area contributed by atoms with Crippen LogP contribution in [-0.2, 0) is 11.4 Å². The molecule has 0 bridgehead atoms. The van der Waals surface area contributed by atoms with E-state index in [4.69, 9.17) is 16.3 Å². The van der Waals surface area contributed by atoms with Gasteiger partial charge in [-0.25, -0.2) is 22.8 Å². The van der Waals surface area contributed by atoms with E-state index in [9.17, 15) is 32.7 Å². The summed E-state index contributed by atoms with van der Waals surface area (Å²) in [6, 6.07) is -0.104. The first kappa shape index (κ1) is 27.5. The van der Waals surface area contributed by atoms with Crippen molar-refractivity contribution in [3.05, 3.63) is 39.7 Å². The monoisotopic (exact) mass is 549 g/mol. The number of carboxylic acids is 1. The number of benzene rings is 1. The maximum atomic E-state index is 14.0. The van der Waals surface area contributed by atoms with Crippen LogP contribution in [0.15, 0.2) is 6.07 Å². The number of aromatic nitrogens is 1. The average molecular weight is 550 g/mol. The highest BCUT2D eigenvalue weighted by Gasteiger charge is 2.25. The van der Waals surface area contributed by atoms with Gasteiger partial charge in [-0.1, -0.05) is 11.6 Å². The third-order valence-corrected chi connectivity index (χ3v) is 6.44. The number of amides is 3. The first-order valence-electron chi connectivity index (χ1n) is 10.8. The molecular weight excluding hydrogens is 527 g/mol. The molecule has 36 heavy (non-hydrogen) atoms. The Balaban J connectivity index is 1.51. The van der Waals surface area contributed by atoms with Gasteiger partial charge in [0.2, 0.25) is 11.8 Å². The molecule has 3 N–H and O–H groups in total. The van der Waals surface area contributed by atoms with Gasteiger partial charge in [-0.05, 0) is 30.6 Å². The molecule has 3 rings (SSSR count). The number of anilines is 1. The van der Waals surface area contributed by atoms with E-state index in [2.05, 4.69) is 19.9 Å². The van der Waals surface area contributed by atoms with Crippen molar-refractivity contribution in [2.75, 3.05) is 44.6 Å². The normalized spacial score (nSPS) is 14.0. The van der Waals surface area contributed by atoms with Crippen molar-refractivity contribution < 1.29 is 37.4 Å². The molecule has 0 saturated carbocycles. The fourth-order valence-corrected chi connectivity index (χ4v) is 4.36. The van der Waals surface area contributed by atoms with E-state index < -0.39 is 58.1 Å². The van der Waals surface area contributed by atoms with Gasteiger partial charge in [0, 0.05) is 39.6 Å². The van der Waals surface area contributed by atoms with Crippen molar-refractivity contribution >= 4 is 46.0 Å². The van der Waals surface area contributed by atoms with Gasteiger partial charge in [0.15, 0.2) is 17.2 Å². The molecule has 1 aliphatic heterocycles. The Morgan fingerprint density at radius 2 is 1.89 bits per heavy atom. The number of ether oxygens (including phenoxy) is 1. The van der Waals surface area contributed by atoms with Crippen molar-refractivity contribution in [1.29, 1.82) is 0 Å². The molecule has 1 aliphatic rings. The molecule has 1 fully saturated rings. The minimum Gasteiger partial charge on any atom is -0.477 e. The number of hydrogen-bond donors (Lipinski definition) is 3. The van der Waals surface area contributed by atoms with Crippen LogP contribution in [0.5, 0.6) is 5.88 Å². The zero-order valence-corrected chi connectivity index (χ0v) is 20.6. The highest BCUT2D eigenvalue weighted by atomic mass is 35.5. The molecule has 0 atom stereocenters. The van der Waals surface area contributed by atoms with Crippen LogP contribution in [0, 0.1) is 17.5 Å². The molecule has 0 spiro atoms. The second kappa shape index (κ2) is 12.2. The predicted octanol–water partition coefficient (Wildman–Crippen LogP) is 3.17. The quantitative estimate of drug-likeness (QED) is 0.249. The van der Waals surface area contributed by atoms with Crippen LogP contribution < -0.4 is 15.4 Å². The van der Waals surface area contributed by atoms with Crippen LogP contribution in [0.3, 0.4) is 0 Å². The molecule has 10 nitrogen and oxygen atoms in total. The summed E-state index contributed by atoms with van der Waals surface area (Å²) < 4.78 is 50.5. The highest BCUT2D eigenvalue weighted by molar-refractivity contribution is 7.11. The number of carboxylic acid groups (broad SMARTS) is 1. The Morgan fingerprint density at radius 1 is 1.19 bits per heavy atom. The Hall–Kier alpha value is -3.10. The smallest absolute Gasteiger partial charge is 0.344 e. The number of halogens is 4. The minimum absolute atomic E-state index is 0.0450. The van der Waals surface area contributed by atoms with Crippen molar-refractivity contribution in [3.63, 3.8) is 0 Å². The van der Waals surface area contributed by atoms with Gasteiger partial charge >= 0.3 is 12.0 Å². The van der Waals surface area contributed by atoms with Crippen molar-refractivity contribution in [3.8, 4) is 5.88 Å². The van der Waals surface area contributed by atoms with E-state index in [1.54, 1.807) is 4.90 Å². The van der Waals surface area contributed by atoms with Crippen LogP contribution in [0.1, 0.15) is 29.3 Å². The average Bonchev–Trinajstić information content (AvgIpc) is 3.23. The van der Waals surface area contributed by atoms with E-state index in [-0.39, 0.29) is 10.9 Å². The molecule has 1 aromatic carbocycles. The predicted molar refractivity (Wildman–Crippen MR) is 125 cm³/mol. The second-order valence-corrected chi connectivity index (χ2v) is 9.00. The molecule has 0 unspecified atom stereocenters. The Bertz CT molecular complexity index is 1140. The maximum absolute atomic E-state index is 14.0. The Kier molecular flexibility index (Phi) is 9.34. The molecule has 196 valence electrons. The Morgan fingerprint density at radius 3 is 2.53 bits per heavy atom. The SMILES string of the molecule is CC(=O)N1CCN(CCCNC(=O)Nc2snc(OCc3c(F)cc(Cl)c(F)c3F)c2C(=O)O)CC1. The molecule has 15 heteroatoms. The number of aromatic carboxylic acids is 1. The van der Waals surface area contributed by atoms with Crippen LogP contribution in [0.25, 0.3) is 0 Å². The summed E-state index contributed by atoms with van der Waals surface area (Å²) >= 11 is 5.98. The Labute approximate surface area is 213 Å². The van der Waals surface area contributed by atoms with Gasteiger partial charge in [-0.2, -0.15) is 4.37 Å². The number of nitrogens with one attached hydrogen (secondary N) is 2. The van der Waals surface area contributed by atoms with Gasteiger partial charge in [-0.3, -0.25) is 15.0 Å². The summed E-state index contributed by atoms with van der Waals surface area (Å²) in [5, 5.41) is 13.6. The number of rotatable bonds is 9. The van der Waals surface area contributed by atoms with Crippen molar-refractivity contribution in [1.82, 2.24) is 19.5 Å². The van der Waals surface area contributed by atoms with Crippen molar-refractivity contribution in [2.45, 2.75) is 20.0 Å². The number of nitrogens with zero attached hydrogens (tertiary/aromatic N) is 3. The topological polar surface area (TPSA) is 124 Å².